The molecule has 0 aliphatic carbocycles. The zero-order valence-electron chi connectivity index (χ0n) is 16.4. The molecule has 0 N–H and O–H groups in total. The van der Waals surface area contributed by atoms with Crippen molar-refractivity contribution >= 4 is 42.3 Å². The molecule has 2 heteroatoms. The Kier molecular flexibility index (Phi) is 4.67. The Hall–Kier alpha value is -3.67. The Balaban J connectivity index is 1.72. The van der Waals surface area contributed by atoms with E-state index in [1.807, 2.05) is 17.4 Å². The van der Waals surface area contributed by atoms with Crippen molar-refractivity contribution in [1.82, 2.24) is 0 Å². The van der Waals surface area contributed by atoms with E-state index in [-0.39, 0.29) is 0 Å². The smallest absolute Gasteiger partial charge is 0.0988 e. The first-order valence-corrected chi connectivity index (χ1v) is 10.7. The fourth-order valence-corrected chi connectivity index (χ4v) is 5.26. The molecular weight excluding hydrogens is 382 g/mol. The Bertz CT molecular complexity index is 1490. The lowest BCUT2D eigenvalue weighted by Crippen LogP contribution is -1.87. The third kappa shape index (κ3) is 3.10. The van der Waals surface area contributed by atoms with Crippen LogP contribution in [-0.4, -0.2) is 0 Å². The van der Waals surface area contributed by atoms with Crippen molar-refractivity contribution < 1.29 is 0 Å². The average Bonchev–Trinajstić information content (AvgIpc) is 3.18. The number of hydrogen-bond donors (Lipinski definition) is 0. The Morgan fingerprint density at radius 2 is 1.63 bits per heavy atom. The molecule has 1 heterocycles. The molecule has 0 saturated heterocycles. The molecule has 30 heavy (non-hydrogen) atoms. The van der Waals surface area contributed by atoms with Crippen LogP contribution in [0.5, 0.6) is 0 Å². The van der Waals surface area contributed by atoms with Crippen LogP contribution < -0.4 is 0 Å². The van der Waals surface area contributed by atoms with Crippen LogP contribution >= 0.6 is 11.3 Å². The quantitative estimate of drug-likeness (QED) is 0.221. The number of thiophene rings is 1. The second-order valence-electron chi connectivity index (χ2n) is 7.32. The van der Waals surface area contributed by atoms with Crippen molar-refractivity contribution in [3.8, 4) is 17.2 Å². The van der Waals surface area contributed by atoms with Crippen molar-refractivity contribution in [2.24, 2.45) is 0 Å². The van der Waals surface area contributed by atoms with Crippen molar-refractivity contribution in [2.45, 2.75) is 6.42 Å². The number of nitriles is 1. The summed E-state index contributed by atoms with van der Waals surface area (Å²) in [7, 11) is 0. The van der Waals surface area contributed by atoms with Gasteiger partial charge in [0.25, 0.3) is 0 Å². The minimum Gasteiger partial charge on any atom is -0.192 e. The third-order valence-electron chi connectivity index (χ3n) is 5.53. The van der Waals surface area contributed by atoms with Crippen molar-refractivity contribution in [2.75, 3.05) is 0 Å². The van der Waals surface area contributed by atoms with E-state index in [4.69, 9.17) is 5.26 Å². The minimum absolute atomic E-state index is 0.609. The summed E-state index contributed by atoms with van der Waals surface area (Å²) >= 11 is 1.85. The van der Waals surface area contributed by atoms with Gasteiger partial charge in [0.2, 0.25) is 0 Å². The van der Waals surface area contributed by atoms with Gasteiger partial charge in [-0.25, -0.2) is 0 Å². The van der Waals surface area contributed by atoms with E-state index in [0.29, 0.717) is 12.0 Å². The van der Waals surface area contributed by atoms with Crippen LogP contribution in [-0.2, 0) is 6.42 Å². The van der Waals surface area contributed by atoms with E-state index in [2.05, 4.69) is 91.5 Å². The molecule has 4 aromatic carbocycles. The molecular formula is C28H19NS. The van der Waals surface area contributed by atoms with Crippen molar-refractivity contribution in [1.29, 1.82) is 5.26 Å². The maximum absolute atomic E-state index is 9.13. The zero-order chi connectivity index (χ0) is 20.5. The largest absolute Gasteiger partial charge is 0.192 e. The van der Waals surface area contributed by atoms with Crippen LogP contribution in [0.4, 0.5) is 0 Å². The number of rotatable bonds is 4. The molecule has 5 rings (SSSR count). The van der Waals surface area contributed by atoms with Gasteiger partial charge in [-0.15, -0.1) is 11.3 Å². The maximum atomic E-state index is 9.13. The molecule has 0 fully saturated rings. The van der Waals surface area contributed by atoms with Gasteiger partial charge in [-0.05, 0) is 46.0 Å². The summed E-state index contributed by atoms with van der Waals surface area (Å²) in [5.41, 5.74) is 4.24. The number of benzene rings is 4. The second-order valence-corrected chi connectivity index (χ2v) is 8.40. The fraction of sp³-hybridized carbons (Fsp3) is 0.0357. The van der Waals surface area contributed by atoms with Crippen LogP contribution in [0.15, 0.2) is 103 Å². The number of hydrogen-bond acceptors (Lipinski definition) is 2. The third-order valence-corrected chi connectivity index (χ3v) is 6.65. The summed E-state index contributed by atoms with van der Waals surface area (Å²) in [5.74, 6) is 0. The van der Waals surface area contributed by atoms with Crippen LogP contribution in [0.25, 0.3) is 42.1 Å². The summed E-state index contributed by atoms with van der Waals surface area (Å²) in [6.07, 6.45) is 4.25. The standard InChI is InChI=1S/C28H19NS/c1-2-19(18-29)14-15-20-8-7-9-21(16-20)25-17-27-28(23-11-4-3-10-22(23)25)24-12-5-6-13-26(24)30-27/h2-14,16-17H,1,15H2/b19-14+. The molecule has 0 amide bonds. The molecule has 0 unspecified atom stereocenters. The summed E-state index contributed by atoms with van der Waals surface area (Å²) < 4.78 is 2.63. The fourth-order valence-electron chi connectivity index (χ4n) is 4.10. The van der Waals surface area contributed by atoms with E-state index < -0.39 is 0 Å². The van der Waals surface area contributed by atoms with Crippen molar-refractivity contribution in [3.63, 3.8) is 0 Å². The van der Waals surface area contributed by atoms with Gasteiger partial charge < -0.3 is 0 Å². The van der Waals surface area contributed by atoms with Gasteiger partial charge in [0.1, 0.15) is 0 Å². The normalized spacial score (nSPS) is 11.8. The summed E-state index contributed by atoms with van der Waals surface area (Å²) in [5, 5.41) is 14.4. The number of nitrogens with zero attached hydrogens (tertiary/aromatic N) is 1. The van der Waals surface area contributed by atoms with Gasteiger partial charge in [0, 0.05) is 25.7 Å². The molecule has 0 aliphatic heterocycles. The van der Waals surface area contributed by atoms with Crippen LogP contribution in [0.1, 0.15) is 5.56 Å². The second kappa shape index (κ2) is 7.63. The van der Waals surface area contributed by atoms with Crippen LogP contribution in [0, 0.1) is 11.3 Å². The van der Waals surface area contributed by atoms with E-state index in [9.17, 15) is 0 Å². The molecule has 1 aromatic heterocycles. The van der Waals surface area contributed by atoms with Gasteiger partial charge in [-0.1, -0.05) is 85.5 Å². The topological polar surface area (TPSA) is 23.8 Å². The lowest BCUT2D eigenvalue weighted by atomic mass is 9.94. The molecule has 0 saturated carbocycles. The lowest BCUT2D eigenvalue weighted by Gasteiger charge is -2.10. The highest BCUT2D eigenvalue weighted by Gasteiger charge is 2.13. The lowest BCUT2D eigenvalue weighted by molar-refractivity contribution is 1.26. The average molecular weight is 402 g/mol. The first-order chi connectivity index (χ1) is 14.8. The summed E-state index contributed by atoms with van der Waals surface area (Å²) in [6, 6.07) is 30.5. The molecule has 5 aromatic rings. The zero-order valence-corrected chi connectivity index (χ0v) is 17.2. The molecule has 0 atom stereocenters. The van der Waals surface area contributed by atoms with Gasteiger partial charge >= 0.3 is 0 Å². The van der Waals surface area contributed by atoms with Gasteiger partial charge in [0.15, 0.2) is 0 Å². The van der Waals surface area contributed by atoms with Crippen LogP contribution in [0.3, 0.4) is 0 Å². The molecule has 142 valence electrons. The van der Waals surface area contributed by atoms with Crippen molar-refractivity contribution in [3.05, 3.63) is 109 Å². The first-order valence-electron chi connectivity index (χ1n) is 9.93. The van der Waals surface area contributed by atoms with Crippen LogP contribution in [0.2, 0.25) is 0 Å². The minimum atomic E-state index is 0.609. The predicted octanol–water partition coefficient (Wildman–Crippen LogP) is 8.05. The summed E-state index contributed by atoms with van der Waals surface area (Å²) in [4.78, 5) is 0. The van der Waals surface area contributed by atoms with Gasteiger partial charge in [-0.2, -0.15) is 5.26 Å². The molecule has 0 bridgehead atoms. The van der Waals surface area contributed by atoms with E-state index >= 15 is 0 Å². The highest BCUT2D eigenvalue weighted by Crippen LogP contribution is 2.42. The Morgan fingerprint density at radius 1 is 0.867 bits per heavy atom. The highest BCUT2D eigenvalue weighted by atomic mass is 32.1. The SMILES string of the molecule is C=C/C(C#N)=C\Cc1cccc(-c2cc3sc4ccccc4c3c3ccccc23)c1. The monoisotopic (exact) mass is 401 g/mol. The number of allylic oxidation sites excluding steroid dienone is 3. The predicted molar refractivity (Wildman–Crippen MR) is 130 cm³/mol. The Labute approximate surface area is 179 Å². The van der Waals surface area contributed by atoms with Gasteiger partial charge in [0.05, 0.1) is 6.07 Å². The highest BCUT2D eigenvalue weighted by molar-refractivity contribution is 7.26. The van der Waals surface area contributed by atoms with Gasteiger partial charge in [-0.3, -0.25) is 0 Å². The molecule has 0 spiro atoms. The maximum Gasteiger partial charge on any atom is 0.0988 e. The van der Waals surface area contributed by atoms with E-state index in [1.54, 1.807) is 6.08 Å². The summed E-state index contributed by atoms with van der Waals surface area (Å²) in [6.45, 7) is 3.70. The first kappa shape index (κ1) is 18.4. The Morgan fingerprint density at radius 3 is 2.43 bits per heavy atom. The van der Waals surface area contributed by atoms with E-state index in [1.165, 1.54) is 47.6 Å². The van der Waals surface area contributed by atoms with E-state index in [0.717, 1.165) is 0 Å². The molecule has 0 radical (unpaired) electrons. The molecule has 1 nitrogen and oxygen atoms in total. The number of fused-ring (bicyclic) bond motifs is 5. The molecule has 0 aliphatic rings.